The summed E-state index contributed by atoms with van der Waals surface area (Å²) in [5, 5.41) is 3.86. The summed E-state index contributed by atoms with van der Waals surface area (Å²) in [5.41, 5.74) is 9.13. The van der Waals surface area contributed by atoms with Crippen molar-refractivity contribution in [1.82, 2.24) is 24.5 Å². The molecule has 2 saturated carbocycles. The Hall–Kier alpha value is -5.25. The van der Waals surface area contributed by atoms with E-state index in [1.165, 1.54) is 80.1 Å². The molecule has 5 aromatic rings. The van der Waals surface area contributed by atoms with E-state index in [4.69, 9.17) is 10.5 Å². The number of benzene rings is 3. The summed E-state index contributed by atoms with van der Waals surface area (Å²) < 4.78 is 68.2. The van der Waals surface area contributed by atoms with Crippen LogP contribution in [0, 0.1) is 11.2 Å². The minimum Gasteiger partial charge on any atom is -0.455 e. The van der Waals surface area contributed by atoms with E-state index in [0.717, 1.165) is 43.7 Å². The Morgan fingerprint density at radius 1 is 0.925 bits per heavy atom. The van der Waals surface area contributed by atoms with Crippen molar-refractivity contribution >= 4 is 44.0 Å². The fraction of sp³-hybridized carbons (Fsp3) is 0.500. The Kier molecular flexibility index (Phi) is 12.5. The number of aromatic amines is 1. The predicted molar refractivity (Wildman–Crippen MR) is 260 cm³/mol. The van der Waals surface area contributed by atoms with Gasteiger partial charge in [-0.25, -0.2) is 26.9 Å². The Bertz CT molecular complexity index is 2720. The number of aromatic nitrogens is 2. The second-order valence-corrected chi connectivity index (χ2v) is 22.1. The number of alkyl halides is 1. The molecule has 15 heteroatoms. The number of carbonyl (C=O) groups excluding carboxylic acids is 1. The van der Waals surface area contributed by atoms with Crippen molar-refractivity contribution < 1.29 is 26.7 Å². The summed E-state index contributed by atoms with van der Waals surface area (Å²) in [6.07, 6.45) is 15.4. The normalized spacial score (nSPS) is 21.6. The molecule has 2 aliphatic carbocycles. The van der Waals surface area contributed by atoms with Crippen molar-refractivity contribution in [3.8, 4) is 11.5 Å². The van der Waals surface area contributed by atoms with Crippen molar-refractivity contribution in [1.29, 1.82) is 0 Å². The number of nitrogens with one attached hydrogen (secondary N) is 3. The van der Waals surface area contributed by atoms with Crippen molar-refractivity contribution in [3.63, 3.8) is 0 Å². The molecule has 5 fully saturated rings. The highest BCUT2D eigenvalue weighted by molar-refractivity contribution is 7.90. The Morgan fingerprint density at radius 2 is 1.69 bits per heavy atom. The van der Waals surface area contributed by atoms with Crippen LogP contribution in [0.3, 0.4) is 0 Å². The van der Waals surface area contributed by atoms with Crippen LogP contribution in [0.4, 0.5) is 25.8 Å². The van der Waals surface area contributed by atoms with Gasteiger partial charge in [0.25, 0.3) is 15.9 Å². The van der Waals surface area contributed by atoms with Gasteiger partial charge in [0.1, 0.15) is 28.6 Å². The van der Waals surface area contributed by atoms with E-state index in [0.29, 0.717) is 80.1 Å². The van der Waals surface area contributed by atoms with Crippen LogP contribution in [-0.2, 0) is 10.0 Å². The topological polar surface area (TPSA) is 149 Å². The second kappa shape index (κ2) is 18.3. The van der Waals surface area contributed by atoms with Gasteiger partial charge in [-0.2, -0.15) is 0 Å². The van der Waals surface area contributed by atoms with Crippen LogP contribution in [0.2, 0.25) is 0 Å². The Morgan fingerprint density at radius 3 is 2.43 bits per heavy atom. The molecular formula is C52H64F2N8O4S. The van der Waals surface area contributed by atoms with E-state index in [2.05, 4.69) is 67.9 Å². The number of amides is 1. The van der Waals surface area contributed by atoms with E-state index in [1.54, 1.807) is 12.3 Å². The zero-order valence-electron chi connectivity index (χ0n) is 38.7. The van der Waals surface area contributed by atoms with Crippen LogP contribution in [0.15, 0.2) is 84.0 Å². The van der Waals surface area contributed by atoms with E-state index < -0.39 is 27.4 Å². The maximum absolute atomic E-state index is 16.4. The van der Waals surface area contributed by atoms with Gasteiger partial charge in [0.2, 0.25) is 0 Å². The molecule has 12 nitrogen and oxygen atoms in total. The molecule has 5 aliphatic rings. The molecule has 3 saturated heterocycles. The summed E-state index contributed by atoms with van der Waals surface area (Å²) >= 11 is 0. The molecular weight excluding hydrogens is 871 g/mol. The molecule has 3 aromatic carbocycles. The number of nitrogens with zero attached hydrogens (tertiary/aromatic N) is 4. The molecule has 1 spiro atoms. The monoisotopic (exact) mass is 934 g/mol. The highest BCUT2D eigenvalue weighted by atomic mass is 32.2. The maximum Gasteiger partial charge on any atom is 0.268 e. The average Bonchev–Trinajstić information content (AvgIpc) is 4.12. The molecule has 3 aliphatic heterocycles. The van der Waals surface area contributed by atoms with Gasteiger partial charge < -0.3 is 30.6 Å². The van der Waals surface area contributed by atoms with E-state index in [9.17, 15) is 13.2 Å². The lowest BCUT2D eigenvalue weighted by Crippen LogP contribution is -2.55. The number of fused-ring (bicyclic) bond motifs is 1. The van der Waals surface area contributed by atoms with Crippen LogP contribution in [0.25, 0.3) is 11.0 Å². The first-order valence-electron chi connectivity index (χ1n) is 24.4. The maximum atomic E-state index is 16.4. The molecule has 10 rings (SSSR count). The molecule has 1 amide bonds. The highest BCUT2D eigenvalue weighted by Crippen LogP contribution is 2.54. The fourth-order valence-corrected chi connectivity index (χ4v) is 12.9. The minimum absolute atomic E-state index is 0.0141. The van der Waals surface area contributed by atoms with Gasteiger partial charge in [0.05, 0.1) is 33.7 Å². The third-order valence-corrected chi connectivity index (χ3v) is 17.2. The number of ether oxygens (including phenoxy) is 1. The number of anilines is 3. The number of halogens is 2. The number of likely N-dealkylation sites (tertiary alicyclic amines) is 2. The predicted octanol–water partition coefficient (Wildman–Crippen LogP) is 10.1. The van der Waals surface area contributed by atoms with Gasteiger partial charge in [-0.3, -0.25) is 9.69 Å². The Balaban J connectivity index is 0.819. The van der Waals surface area contributed by atoms with Crippen LogP contribution >= 0.6 is 0 Å². The van der Waals surface area contributed by atoms with Crippen LogP contribution in [-0.4, -0.2) is 91.1 Å². The summed E-state index contributed by atoms with van der Waals surface area (Å²) in [7, 11) is -4.50. The molecule has 0 unspecified atom stereocenters. The van der Waals surface area contributed by atoms with E-state index >= 15 is 8.78 Å². The number of nitrogens with two attached hydrogens (primary N) is 1. The van der Waals surface area contributed by atoms with Crippen LogP contribution in [0.5, 0.6) is 11.5 Å². The number of nitrogen functional groups attached to an aromatic ring is 1. The number of pyridine rings is 1. The van der Waals surface area contributed by atoms with Gasteiger partial charge in [0, 0.05) is 68.5 Å². The molecule has 0 bridgehead atoms. The molecule has 0 radical (unpaired) electrons. The van der Waals surface area contributed by atoms with Gasteiger partial charge in [0.15, 0.2) is 0 Å². The first kappa shape index (κ1) is 45.5. The van der Waals surface area contributed by atoms with Crippen molar-refractivity contribution in [2.75, 3.05) is 55.2 Å². The van der Waals surface area contributed by atoms with Gasteiger partial charge >= 0.3 is 0 Å². The number of H-pyrrole nitrogens is 1. The molecule has 5 heterocycles. The third-order valence-electron chi connectivity index (χ3n) is 15.8. The third kappa shape index (κ3) is 9.35. The van der Waals surface area contributed by atoms with Crippen LogP contribution in [0.1, 0.15) is 124 Å². The number of hydrogen-bond acceptors (Lipinski definition) is 10. The summed E-state index contributed by atoms with van der Waals surface area (Å²) in [6, 6.07) is 20.6. The smallest absolute Gasteiger partial charge is 0.268 e. The number of piperidine rings is 2. The van der Waals surface area contributed by atoms with Crippen LogP contribution < -0.4 is 25.4 Å². The number of sulfonamides is 1. The zero-order valence-corrected chi connectivity index (χ0v) is 39.5. The lowest BCUT2D eigenvalue weighted by atomic mass is 9.59. The zero-order chi connectivity index (χ0) is 46.5. The van der Waals surface area contributed by atoms with E-state index in [1.807, 2.05) is 11.0 Å². The Labute approximate surface area is 393 Å². The summed E-state index contributed by atoms with van der Waals surface area (Å²) in [6.45, 7) is 8.40. The largest absolute Gasteiger partial charge is 0.455 e. The quantitative estimate of drug-likeness (QED) is 0.0841. The lowest BCUT2D eigenvalue weighted by Gasteiger charge is -2.56. The van der Waals surface area contributed by atoms with Crippen molar-refractivity contribution in [3.05, 3.63) is 102 Å². The first-order valence-corrected chi connectivity index (χ1v) is 25.9. The minimum atomic E-state index is -4.50. The molecule has 2 aromatic heterocycles. The molecule has 5 N–H and O–H groups in total. The standard InChI is InChI=1S/C52H64F2N8O4S/c1-34(2)40-10-5-6-11-41(40)46-12-7-21-62(46)37-30-51(31-37)16-22-61(23-17-51)47-29-48(66-38-26-35-15-20-56-49(35)57-32-38)42(28-43(47)53)50(63)59-67(64,65)39-13-14-45(44(55)27-39)58-33-52(54)18-24-60(25-19-52)36-8-3-4-9-36/h5-6,10-11,13-15,20,26-29,32,34,36-37,46,58H,3-4,7-9,12,16-19,21-25,30-31,33,55H2,1-2H3,(H,56,57)(H,59,63)/t46-/m0/s1. The highest BCUT2D eigenvalue weighted by Gasteiger charge is 2.50. The first-order chi connectivity index (χ1) is 32.3. The van der Waals surface area contributed by atoms with Crippen molar-refractivity contribution in [2.45, 2.75) is 126 Å². The number of carbonyl (C=O) groups is 1. The van der Waals surface area contributed by atoms with Gasteiger partial charge in [-0.1, -0.05) is 51.0 Å². The molecule has 1 atom stereocenters. The molecule has 356 valence electrons. The van der Waals surface area contributed by atoms with Crippen molar-refractivity contribution in [2.24, 2.45) is 5.41 Å². The SMILES string of the molecule is CC(C)c1ccccc1[C@@H]1CCCN1C1CC2(CCN(c3cc(Oc4cnc5[nH]ccc5c4)c(C(=O)NS(=O)(=O)c4ccc(NCC5(F)CCN(C6CCCC6)CC5)c(N)c4)cc3F)CC2)C1. The fourth-order valence-electron chi connectivity index (χ4n) is 11.9. The van der Waals surface area contributed by atoms with Gasteiger partial charge in [-0.05, 0) is 130 Å². The summed E-state index contributed by atoms with van der Waals surface area (Å²) in [4.78, 5) is 28.4. The average molecular weight is 935 g/mol. The molecule has 67 heavy (non-hydrogen) atoms. The second-order valence-electron chi connectivity index (χ2n) is 20.4. The van der Waals surface area contributed by atoms with E-state index in [-0.39, 0.29) is 39.5 Å². The number of hydrogen-bond donors (Lipinski definition) is 4. The number of rotatable bonds is 13. The van der Waals surface area contributed by atoms with Gasteiger partial charge in [-0.15, -0.1) is 0 Å². The summed E-state index contributed by atoms with van der Waals surface area (Å²) in [5.74, 6) is -0.979. The lowest BCUT2D eigenvalue weighted by molar-refractivity contribution is -0.0228.